The number of aryl methyl sites for hydroxylation is 1. The van der Waals surface area contributed by atoms with Crippen LogP contribution < -0.4 is 4.74 Å². The van der Waals surface area contributed by atoms with E-state index >= 15 is 0 Å². The number of benzene rings is 2. The van der Waals surface area contributed by atoms with Crippen LogP contribution in [0.3, 0.4) is 0 Å². The second-order valence-electron chi connectivity index (χ2n) is 6.79. The molecule has 0 aromatic heterocycles. The molecule has 0 saturated carbocycles. The molecule has 2 aromatic rings. The second-order valence-corrected chi connectivity index (χ2v) is 6.79. The Kier molecular flexibility index (Phi) is 11.0. The Morgan fingerprint density at radius 1 is 0.759 bits per heavy atom. The van der Waals surface area contributed by atoms with Gasteiger partial charge in [-0.15, -0.1) is 0 Å². The Hall–Kier alpha value is -2.24. The lowest BCUT2D eigenvalue weighted by atomic mass is 10.1. The van der Waals surface area contributed by atoms with Crippen LogP contribution in [0.1, 0.15) is 52.0 Å². The minimum Gasteiger partial charge on any atom is -0.494 e. The molecule has 0 radical (unpaired) electrons. The van der Waals surface area contributed by atoms with Crippen LogP contribution in [0, 0.1) is 0 Å². The van der Waals surface area contributed by atoms with Gasteiger partial charge < -0.3 is 14.2 Å². The van der Waals surface area contributed by atoms with E-state index in [1.54, 1.807) is 0 Å². The number of hydrogen-bond acceptors (Lipinski definition) is 5. The first kappa shape index (κ1) is 23.0. The molecule has 2 aromatic carbocycles. The standard InChI is InChI=1S/C24H34N2O3/c1-4-7-9-20-11-13-21(14-12-20)25-26-22-15-17-23(18-16-22)29-19-8-10-24(27-5-2)28-6-3/h11-18,24H,4-10,19H2,1-3H3. The monoisotopic (exact) mass is 398 g/mol. The Balaban J connectivity index is 1.75. The Morgan fingerprint density at radius 3 is 1.90 bits per heavy atom. The molecule has 0 atom stereocenters. The molecular weight excluding hydrogens is 364 g/mol. The largest absolute Gasteiger partial charge is 0.494 e. The SMILES string of the molecule is CCCCc1ccc(N=Nc2ccc(OCCCC(OCC)OCC)cc2)cc1. The quantitative estimate of drug-likeness (QED) is 0.195. The van der Waals surface area contributed by atoms with Gasteiger partial charge in [-0.25, -0.2) is 0 Å². The summed E-state index contributed by atoms with van der Waals surface area (Å²) in [5.74, 6) is 0.827. The molecule has 0 aliphatic carbocycles. The van der Waals surface area contributed by atoms with E-state index < -0.39 is 0 Å². The zero-order chi connectivity index (χ0) is 20.7. The van der Waals surface area contributed by atoms with Crippen LogP contribution >= 0.6 is 0 Å². The Bertz CT molecular complexity index is 693. The molecule has 5 heteroatoms. The van der Waals surface area contributed by atoms with E-state index in [1.807, 2.05) is 50.2 Å². The third kappa shape index (κ3) is 9.20. The van der Waals surface area contributed by atoms with Crippen LogP contribution in [0.15, 0.2) is 58.8 Å². The van der Waals surface area contributed by atoms with Crippen molar-refractivity contribution in [3.8, 4) is 5.75 Å². The molecule has 29 heavy (non-hydrogen) atoms. The lowest BCUT2D eigenvalue weighted by Crippen LogP contribution is -2.18. The second kappa shape index (κ2) is 13.9. The van der Waals surface area contributed by atoms with Gasteiger partial charge in [-0.05, 0) is 75.1 Å². The summed E-state index contributed by atoms with van der Waals surface area (Å²) < 4.78 is 16.9. The number of hydrogen-bond donors (Lipinski definition) is 0. The minimum atomic E-state index is -0.142. The summed E-state index contributed by atoms with van der Waals surface area (Å²) in [6.45, 7) is 8.10. The minimum absolute atomic E-state index is 0.142. The van der Waals surface area contributed by atoms with Crippen molar-refractivity contribution in [2.75, 3.05) is 19.8 Å². The molecule has 5 nitrogen and oxygen atoms in total. The van der Waals surface area contributed by atoms with Crippen LogP contribution in [0.25, 0.3) is 0 Å². The first-order valence-corrected chi connectivity index (χ1v) is 10.7. The highest BCUT2D eigenvalue weighted by atomic mass is 16.7. The zero-order valence-electron chi connectivity index (χ0n) is 18.0. The lowest BCUT2D eigenvalue weighted by Gasteiger charge is -2.16. The van der Waals surface area contributed by atoms with Crippen molar-refractivity contribution in [1.29, 1.82) is 0 Å². The number of unbranched alkanes of at least 4 members (excludes halogenated alkanes) is 1. The van der Waals surface area contributed by atoms with E-state index in [1.165, 1.54) is 18.4 Å². The fourth-order valence-electron chi connectivity index (χ4n) is 2.86. The van der Waals surface area contributed by atoms with Crippen LogP contribution in [0.2, 0.25) is 0 Å². The maximum atomic E-state index is 5.79. The summed E-state index contributed by atoms with van der Waals surface area (Å²) in [5, 5.41) is 8.62. The average Bonchev–Trinajstić information content (AvgIpc) is 2.75. The molecule has 0 heterocycles. The molecule has 0 bridgehead atoms. The van der Waals surface area contributed by atoms with Gasteiger partial charge >= 0.3 is 0 Å². The van der Waals surface area contributed by atoms with E-state index in [2.05, 4.69) is 29.3 Å². The zero-order valence-corrected chi connectivity index (χ0v) is 18.0. The molecule has 0 aliphatic heterocycles. The van der Waals surface area contributed by atoms with Gasteiger partial charge in [0.25, 0.3) is 0 Å². The van der Waals surface area contributed by atoms with Gasteiger partial charge in [0.1, 0.15) is 5.75 Å². The van der Waals surface area contributed by atoms with Crippen molar-refractivity contribution in [3.63, 3.8) is 0 Å². The number of nitrogens with zero attached hydrogens (tertiary/aromatic N) is 2. The number of ether oxygens (including phenoxy) is 3. The first-order chi connectivity index (χ1) is 14.2. The molecule has 0 aliphatic rings. The number of rotatable bonds is 14. The van der Waals surface area contributed by atoms with Crippen LogP contribution in [0.5, 0.6) is 5.75 Å². The van der Waals surface area contributed by atoms with Crippen molar-refractivity contribution in [2.24, 2.45) is 10.2 Å². The Labute approximate surface area is 175 Å². The van der Waals surface area contributed by atoms with E-state index in [4.69, 9.17) is 14.2 Å². The normalized spacial score (nSPS) is 11.4. The van der Waals surface area contributed by atoms with Gasteiger partial charge in [0, 0.05) is 19.6 Å². The number of azo groups is 1. The third-order valence-corrected chi connectivity index (χ3v) is 4.43. The third-order valence-electron chi connectivity index (χ3n) is 4.43. The van der Waals surface area contributed by atoms with Crippen LogP contribution in [-0.4, -0.2) is 26.1 Å². The highest BCUT2D eigenvalue weighted by Gasteiger charge is 2.07. The predicted octanol–water partition coefficient (Wildman–Crippen LogP) is 7.00. The van der Waals surface area contributed by atoms with Crippen LogP contribution in [0.4, 0.5) is 11.4 Å². The summed E-state index contributed by atoms with van der Waals surface area (Å²) in [6, 6.07) is 16.0. The van der Waals surface area contributed by atoms with Crippen molar-refractivity contribution in [2.45, 2.75) is 59.2 Å². The molecule has 0 spiro atoms. The molecule has 0 N–H and O–H groups in total. The summed E-state index contributed by atoms with van der Waals surface area (Å²) in [4.78, 5) is 0. The molecular formula is C24H34N2O3. The van der Waals surface area contributed by atoms with E-state index in [0.717, 1.165) is 36.4 Å². The molecule has 0 unspecified atom stereocenters. The van der Waals surface area contributed by atoms with Crippen molar-refractivity contribution >= 4 is 11.4 Å². The van der Waals surface area contributed by atoms with Gasteiger partial charge in [0.15, 0.2) is 6.29 Å². The van der Waals surface area contributed by atoms with Crippen LogP contribution in [-0.2, 0) is 15.9 Å². The molecule has 2 rings (SSSR count). The van der Waals surface area contributed by atoms with Gasteiger partial charge in [0.05, 0.1) is 18.0 Å². The van der Waals surface area contributed by atoms with Crippen molar-refractivity contribution < 1.29 is 14.2 Å². The smallest absolute Gasteiger partial charge is 0.157 e. The highest BCUT2D eigenvalue weighted by Crippen LogP contribution is 2.22. The summed E-state index contributed by atoms with van der Waals surface area (Å²) in [5.41, 5.74) is 3.02. The maximum absolute atomic E-state index is 5.79. The fourth-order valence-corrected chi connectivity index (χ4v) is 2.86. The van der Waals surface area contributed by atoms with Gasteiger partial charge in [-0.2, -0.15) is 10.2 Å². The maximum Gasteiger partial charge on any atom is 0.157 e. The van der Waals surface area contributed by atoms with E-state index in [0.29, 0.717) is 19.8 Å². The predicted molar refractivity (Wildman–Crippen MR) is 117 cm³/mol. The average molecular weight is 399 g/mol. The van der Waals surface area contributed by atoms with Crippen molar-refractivity contribution in [3.05, 3.63) is 54.1 Å². The summed E-state index contributed by atoms with van der Waals surface area (Å²) >= 11 is 0. The highest BCUT2D eigenvalue weighted by molar-refractivity contribution is 5.43. The summed E-state index contributed by atoms with van der Waals surface area (Å²) in [7, 11) is 0. The van der Waals surface area contributed by atoms with Gasteiger partial charge in [-0.1, -0.05) is 25.5 Å². The molecule has 0 amide bonds. The topological polar surface area (TPSA) is 52.4 Å². The Morgan fingerprint density at radius 2 is 1.34 bits per heavy atom. The van der Waals surface area contributed by atoms with Gasteiger partial charge in [-0.3, -0.25) is 0 Å². The van der Waals surface area contributed by atoms with E-state index in [-0.39, 0.29) is 6.29 Å². The van der Waals surface area contributed by atoms with E-state index in [9.17, 15) is 0 Å². The molecule has 0 fully saturated rings. The molecule has 158 valence electrons. The fraction of sp³-hybridized carbons (Fsp3) is 0.500. The summed E-state index contributed by atoms with van der Waals surface area (Å²) in [6.07, 6.45) is 5.10. The molecule has 0 saturated heterocycles. The van der Waals surface area contributed by atoms with Gasteiger partial charge in [0.2, 0.25) is 0 Å². The first-order valence-electron chi connectivity index (χ1n) is 10.7. The lowest BCUT2D eigenvalue weighted by molar-refractivity contribution is -0.140. The van der Waals surface area contributed by atoms with Crippen molar-refractivity contribution in [1.82, 2.24) is 0 Å².